The molecule has 98 valence electrons. The SMILES string of the molecule is O=C(c1ccc(C(F)(F)F)cc1)N1CCOCC1. The highest BCUT2D eigenvalue weighted by Crippen LogP contribution is 2.29. The van der Waals surface area contributed by atoms with Crippen molar-refractivity contribution in [3.05, 3.63) is 35.4 Å². The summed E-state index contributed by atoms with van der Waals surface area (Å²) in [5.41, 5.74) is -0.481. The summed E-state index contributed by atoms with van der Waals surface area (Å²) in [5.74, 6) is -0.257. The minimum atomic E-state index is -4.37. The number of hydrogen-bond donors (Lipinski definition) is 0. The predicted molar refractivity (Wildman–Crippen MR) is 58.2 cm³/mol. The molecule has 0 aliphatic carbocycles. The molecule has 0 bridgehead atoms. The summed E-state index contributed by atoms with van der Waals surface area (Å²) in [6.45, 7) is 1.87. The van der Waals surface area contributed by atoms with Crippen LogP contribution in [0.15, 0.2) is 24.3 Å². The fourth-order valence-electron chi connectivity index (χ4n) is 1.75. The number of carbonyl (C=O) groups is 1. The fraction of sp³-hybridized carbons (Fsp3) is 0.417. The Bertz CT molecular complexity index is 422. The zero-order valence-corrected chi connectivity index (χ0v) is 9.54. The Hall–Kier alpha value is -1.56. The van der Waals surface area contributed by atoms with Crippen molar-refractivity contribution in [1.82, 2.24) is 4.90 Å². The molecule has 0 atom stereocenters. The van der Waals surface area contributed by atoms with E-state index >= 15 is 0 Å². The largest absolute Gasteiger partial charge is 0.416 e. The highest BCUT2D eigenvalue weighted by atomic mass is 19.4. The van der Waals surface area contributed by atoms with E-state index < -0.39 is 11.7 Å². The monoisotopic (exact) mass is 259 g/mol. The van der Waals surface area contributed by atoms with Gasteiger partial charge in [-0.05, 0) is 24.3 Å². The average Bonchev–Trinajstić information content (AvgIpc) is 2.38. The minimum Gasteiger partial charge on any atom is -0.378 e. The van der Waals surface area contributed by atoms with Crippen molar-refractivity contribution < 1.29 is 22.7 Å². The van der Waals surface area contributed by atoms with E-state index in [0.29, 0.717) is 26.3 Å². The molecule has 0 radical (unpaired) electrons. The van der Waals surface area contributed by atoms with E-state index in [-0.39, 0.29) is 11.5 Å². The van der Waals surface area contributed by atoms with Gasteiger partial charge in [0, 0.05) is 18.7 Å². The topological polar surface area (TPSA) is 29.5 Å². The standard InChI is InChI=1S/C12H12F3NO2/c13-12(14,15)10-3-1-9(2-4-10)11(17)16-5-7-18-8-6-16/h1-4H,5-8H2. The predicted octanol–water partition coefficient (Wildman–Crippen LogP) is 2.18. The van der Waals surface area contributed by atoms with Crippen LogP contribution >= 0.6 is 0 Å². The van der Waals surface area contributed by atoms with Gasteiger partial charge in [-0.2, -0.15) is 13.2 Å². The van der Waals surface area contributed by atoms with Crippen molar-refractivity contribution in [2.45, 2.75) is 6.18 Å². The quantitative estimate of drug-likeness (QED) is 0.773. The van der Waals surface area contributed by atoms with E-state index in [1.807, 2.05) is 0 Å². The van der Waals surface area contributed by atoms with Crippen LogP contribution in [0.3, 0.4) is 0 Å². The summed E-state index contributed by atoms with van der Waals surface area (Å²) in [5, 5.41) is 0. The molecule has 2 rings (SSSR count). The number of benzene rings is 1. The van der Waals surface area contributed by atoms with Gasteiger partial charge in [0.25, 0.3) is 5.91 Å². The zero-order valence-electron chi connectivity index (χ0n) is 9.54. The first-order valence-corrected chi connectivity index (χ1v) is 5.53. The molecule has 1 aromatic carbocycles. The summed E-state index contributed by atoms with van der Waals surface area (Å²) in [7, 11) is 0. The first-order valence-electron chi connectivity index (χ1n) is 5.53. The van der Waals surface area contributed by atoms with Crippen LogP contribution in [0.2, 0.25) is 0 Å². The van der Waals surface area contributed by atoms with Crippen LogP contribution in [0.4, 0.5) is 13.2 Å². The van der Waals surface area contributed by atoms with Gasteiger partial charge in [0.05, 0.1) is 18.8 Å². The molecule has 6 heteroatoms. The summed E-state index contributed by atoms with van der Waals surface area (Å²) in [6.07, 6.45) is -4.37. The molecular weight excluding hydrogens is 247 g/mol. The van der Waals surface area contributed by atoms with Crippen molar-refractivity contribution in [3.8, 4) is 0 Å². The number of carbonyl (C=O) groups excluding carboxylic acids is 1. The van der Waals surface area contributed by atoms with Gasteiger partial charge in [-0.15, -0.1) is 0 Å². The molecule has 0 saturated carbocycles. The maximum atomic E-state index is 12.4. The molecule has 0 N–H and O–H groups in total. The van der Waals surface area contributed by atoms with Gasteiger partial charge in [0.1, 0.15) is 0 Å². The average molecular weight is 259 g/mol. The Balaban J connectivity index is 2.11. The normalized spacial score (nSPS) is 16.7. The lowest BCUT2D eigenvalue weighted by molar-refractivity contribution is -0.137. The highest BCUT2D eigenvalue weighted by molar-refractivity contribution is 5.94. The van der Waals surface area contributed by atoms with Gasteiger partial charge < -0.3 is 9.64 Å². The Morgan fingerprint density at radius 3 is 2.17 bits per heavy atom. The van der Waals surface area contributed by atoms with Crippen LogP contribution < -0.4 is 0 Å². The van der Waals surface area contributed by atoms with E-state index in [0.717, 1.165) is 12.1 Å². The van der Waals surface area contributed by atoms with Crippen molar-refractivity contribution in [3.63, 3.8) is 0 Å². The maximum absolute atomic E-state index is 12.4. The van der Waals surface area contributed by atoms with Crippen LogP contribution in [0.1, 0.15) is 15.9 Å². The second-order valence-electron chi connectivity index (χ2n) is 3.98. The van der Waals surface area contributed by atoms with Gasteiger partial charge in [0.15, 0.2) is 0 Å². The Morgan fingerprint density at radius 2 is 1.67 bits per heavy atom. The van der Waals surface area contributed by atoms with E-state index in [2.05, 4.69) is 0 Å². The van der Waals surface area contributed by atoms with Crippen molar-refractivity contribution in [2.24, 2.45) is 0 Å². The number of alkyl halides is 3. The van der Waals surface area contributed by atoms with E-state index in [4.69, 9.17) is 4.74 Å². The summed E-state index contributed by atoms with van der Waals surface area (Å²) in [6, 6.07) is 4.27. The number of nitrogens with zero attached hydrogens (tertiary/aromatic N) is 1. The molecule has 1 heterocycles. The number of rotatable bonds is 1. The van der Waals surface area contributed by atoms with Crippen LogP contribution in [-0.2, 0) is 10.9 Å². The lowest BCUT2D eigenvalue weighted by atomic mass is 10.1. The number of ether oxygens (including phenoxy) is 1. The molecule has 0 spiro atoms. The Morgan fingerprint density at radius 1 is 1.11 bits per heavy atom. The first-order chi connectivity index (χ1) is 8.48. The first kappa shape index (κ1) is 12.9. The molecule has 1 fully saturated rings. The molecule has 3 nitrogen and oxygen atoms in total. The van der Waals surface area contributed by atoms with Crippen LogP contribution in [0.5, 0.6) is 0 Å². The zero-order chi connectivity index (χ0) is 13.2. The van der Waals surface area contributed by atoms with Gasteiger partial charge in [0.2, 0.25) is 0 Å². The molecule has 18 heavy (non-hydrogen) atoms. The number of halogens is 3. The molecule has 1 aliphatic rings. The highest BCUT2D eigenvalue weighted by Gasteiger charge is 2.30. The Kier molecular flexibility index (Phi) is 3.56. The van der Waals surface area contributed by atoms with Crippen molar-refractivity contribution in [1.29, 1.82) is 0 Å². The van der Waals surface area contributed by atoms with Crippen LogP contribution in [-0.4, -0.2) is 37.1 Å². The third-order valence-corrected chi connectivity index (χ3v) is 2.76. The van der Waals surface area contributed by atoms with E-state index in [1.54, 1.807) is 4.90 Å². The van der Waals surface area contributed by atoms with E-state index in [9.17, 15) is 18.0 Å². The Labute approximate surface area is 102 Å². The second kappa shape index (κ2) is 4.97. The minimum absolute atomic E-state index is 0.257. The lowest BCUT2D eigenvalue weighted by Gasteiger charge is -2.26. The van der Waals surface area contributed by atoms with Gasteiger partial charge in [-0.25, -0.2) is 0 Å². The van der Waals surface area contributed by atoms with Gasteiger partial charge in [-0.1, -0.05) is 0 Å². The maximum Gasteiger partial charge on any atom is 0.416 e. The molecule has 1 aromatic rings. The van der Waals surface area contributed by atoms with E-state index in [1.165, 1.54) is 12.1 Å². The summed E-state index contributed by atoms with van der Waals surface area (Å²) in [4.78, 5) is 13.5. The molecule has 0 unspecified atom stereocenters. The molecule has 1 amide bonds. The molecular formula is C12H12F3NO2. The summed E-state index contributed by atoms with van der Waals surface area (Å²) >= 11 is 0. The number of amides is 1. The van der Waals surface area contributed by atoms with Crippen LogP contribution in [0.25, 0.3) is 0 Å². The van der Waals surface area contributed by atoms with Crippen LogP contribution in [0, 0.1) is 0 Å². The van der Waals surface area contributed by atoms with Gasteiger partial charge >= 0.3 is 6.18 Å². The third-order valence-electron chi connectivity index (χ3n) is 2.76. The molecule has 1 saturated heterocycles. The third kappa shape index (κ3) is 2.81. The number of morpholine rings is 1. The molecule has 1 aliphatic heterocycles. The lowest BCUT2D eigenvalue weighted by Crippen LogP contribution is -2.40. The summed E-state index contributed by atoms with van der Waals surface area (Å²) < 4.78 is 42.2. The second-order valence-corrected chi connectivity index (χ2v) is 3.98. The number of hydrogen-bond acceptors (Lipinski definition) is 2. The smallest absolute Gasteiger partial charge is 0.378 e. The van der Waals surface area contributed by atoms with Crippen molar-refractivity contribution in [2.75, 3.05) is 26.3 Å². The van der Waals surface area contributed by atoms with Crippen molar-refractivity contribution >= 4 is 5.91 Å². The van der Waals surface area contributed by atoms with Gasteiger partial charge in [-0.3, -0.25) is 4.79 Å². The fourth-order valence-corrected chi connectivity index (χ4v) is 1.75. The molecule has 0 aromatic heterocycles.